The van der Waals surface area contributed by atoms with Gasteiger partial charge in [0.05, 0.1) is 31.0 Å². The van der Waals surface area contributed by atoms with Crippen molar-refractivity contribution in [2.24, 2.45) is 0 Å². The summed E-state index contributed by atoms with van der Waals surface area (Å²) in [6.45, 7) is 0. The lowest BCUT2D eigenvalue weighted by atomic mass is 10.1. The zero-order valence-electron chi connectivity index (χ0n) is 11.2. The Labute approximate surface area is 124 Å². The number of ether oxygens (including phenoxy) is 2. The van der Waals surface area contributed by atoms with Crippen molar-refractivity contribution in [1.29, 1.82) is 0 Å². The predicted molar refractivity (Wildman–Crippen MR) is 76.6 cm³/mol. The molecule has 0 spiro atoms. The molecule has 1 amide bonds. The Balaban J connectivity index is 2.41. The summed E-state index contributed by atoms with van der Waals surface area (Å²) in [5.74, 6) is -1.10. The monoisotopic (exact) mass is 308 g/mol. The molecule has 0 aliphatic rings. The average molecular weight is 308 g/mol. The first-order valence-electron chi connectivity index (χ1n) is 5.75. The average Bonchev–Trinajstić information content (AvgIpc) is 3.00. The molecular formula is C13H12N2O5S. The van der Waals surface area contributed by atoms with Crippen molar-refractivity contribution in [3.8, 4) is 11.5 Å². The first-order valence-corrected chi connectivity index (χ1v) is 6.70. The van der Waals surface area contributed by atoms with E-state index in [-0.39, 0.29) is 22.7 Å². The summed E-state index contributed by atoms with van der Waals surface area (Å²) < 4.78 is 10.1. The van der Waals surface area contributed by atoms with Crippen molar-refractivity contribution in [2.75, 3.05) is 19.5 Å². The van der Waals surface area contributed by atoms with Gasteiger partial charge in [-0.2, -0.15) is 0 Å². The van der Waals surface area contributed by atoms with Crippen LogP contribution in [-0.4, -0.2) is 36.2 Å². The fourth-order valence-electron chi connectivity index (χ4n) is 1.67. The summed E-state index contributed by atoms with van der Waals surface area (Å²) in [6.07, 6.45) is 0. The first kappa shape index (κ1) is 14.8. The van der Waals surface area contributed by atoms with Crippen LogP contribution in [0.4, 0.5) is 5.69 Å². The molecule has 0 unspecified atom stereocenters. The Bertz CT molecular complexity index is 669. The number of carboxylic acid groups (broad SMARTS) is 1. The van der Waals surface area contributed by atoms with Crippen LogP contribution in [-0.2, 0) is 0 Å². The molecule has 1 aromatic heterocycles. The number of amides is 1. The smallest absolute Gasteiger partial charge is 0.337 e. The number of methoxy groups -OCH3 is 2. The number of benzene rings is 1. The number of hydrogen-bond acceptors (Lipinski definition) is 6. The molecule has 1 heterocycles. The molecular weight excluding hydrogens is 296 g/mol. The maximum absolute atomic E-state index is 12.0. The van der Waals surface area contributed by atoms with Crippen molar-refractivity contribution in [1.82, 2.24) is 4.98 Å². The Hall–Kier alpha value is -2.61. The van der Waals surface area contributed by atoms with Crippen LogP contribution in [0.25, 0.3) is 0 Å². The van der Waals surface area contributed by atoms with Gasteiger partial charge in [-0.05, 0) is 0 Å². The summed E-state index contributed by atoms with van der Waals surface area (Å²) in [6, 6.07) is 2.68. The predicted octanol–water partition coefficient (Wildman–Crippen LogP) is 2.11. The van der Waals surface area contributed by atoms with Crippen LogP contribution in [0.3, 0.4) is 0 Å². The van der Waals surface area contributed by atoms with Gasteiger partial charge < -0.3 is 19.9 Å². The normalized spacial score (nSPS) is 10.0. The van der Waals surface area contributed by atoms with E-state index >= 15 is 0 Å². The topological polar surface area (TPSA) is 97.8 Å². The highest BCUT2D eigenvalue weighted by molar-refractivity contribution is 7.07. The molecule has 110 valence electrons. The summed E-state index contributed by atoms with van der Waals surface area (Å²) in [7, 11) is 2.82. The minimum Gasteiger partial charge on any atom is -0.493 e. The molecule has 0 atom stereocenters. The second-order valence-electron chi connectivity index (χ2n) is 3.89. The molecule has 2 rings (SSSR count). The fourth-order valence-corrected chi connectivity index (χ4v) is 2.20. The van der Waals surface area contributed by atoms with Crippen LogP contribution >= 0.6 is 11.3 Å². The lowest BCUT2D eigenvalue weighted by Gasteiger charge is -2.13. The zero-order valence-corrected chi connectivity index (χ0v) is 12.1. The number of nitrogens with one attached hydrogen (secondary N) is 1. The van der Waals surface area contributed by atoms with Crippen molar-refractivity contribution in [2.45, 2.75) is 0 Å². The van der Waals surface area contributed by atoms with Gasteiger partial charge in [0.2, 0.25) is 0 Å². The van der Waals surface area contributed by atoms with E-state index in [0.717, 1.165) is 0 Å². The van der Waals surface area contributed by atoms with E-state index in [2.05, 4.69) is 10.3 Å². The van der Waals surface area contributed by atoms with Crippen molar-refractivity contribution >= 4 is 28.9 Å². The minimum absolute atomic E-state index is 0.101. The van der Waals surface area contributed by atoms with Gasteiger partial charge in [-0.3, -0.25) is 4.79 Å². The van der Waals surface area contributed by atoms with Crippen molar-refractivity contribution < 1.29 is 24.2 Å². The number of hydrogen-bond donors (Lipinski definition) is 2. The Kier molecular flexibility index (Phi) is 4.39. The van der Waals surface area contributed by atoms with E-state index in [4.69, 9.17) is 9.47 Å². The standard InChI is InChI=1S/C13H12N2O5S/c1-19-10-3-7(13(17)18)8(4-11(10)20-2)15-12(16)9-5-21-6-14-9/h3-6H,1-2H3,(H,15,16)(H,17,18). The molecule has 0 aliphatic heterocycles. The van der Waals surface area contributed by atoms with E-state index in [1.54, 1.807) is 5.38 Å². The molecule has 2 aromatic rings. The number of anilines is 1. The molecule has 7 nitrogen and oxygen atoms in total. The van der Waals surface area contributed by atoms with Crippen molar-refractivity contribution in [3.63, 3.8) is 0 Å². The third kappa shape index (κ3) is 3.11. The number of carbonyl (C=O) groups is 2. The third-order valence-electron chi connectivity index (χ3n) is 2.67. The van der Waals surface area contributed by atoms with E-state index in [1.807, 2.05) is 0 Å². The van der Waals surface area contributed by atoms with Gasteiger partial charge in [0.1, 0.15) is 5.69 Å². The molecule has 8 heteroatoms. The summed E-state index contributed by atoms with van der Waals surface area (Å²) in [4.78, 5) is 27.1. The molecule has 0 radical (unpaired) electrons. The molecule has 0 bridgehead atoms. The zero-order chi connectivity index (χ0) is 15.4. The minimum atomic E-state index is -1.19. The summed E-state index contributed by atoms with van der Waals surface area (Å²) >= 11 is 1.27. The molecule has 1 aromatic carbocycles. The molecule has 0 saturated carbocycles. The van der Waals surface area contributed by atoms with E-state index in [9.17, 15) is 14.7 Å². The van der Waals surface area contributed by atoms with Gasteiger partial charge >= 0.3 is 5.97 Å². The van der Waals surface area contributed by atoms with Gasteiger partial charge in [-0.1, -0.05) is 0 Å². The van der Waals surface area contributed by atoms with Crippen molar-refractivity contribution in [3.05, 3.63) is 34.3 Å². The molecule has 21 heavy (non-hydrogen) atoms. The van der Waals surface area contributed by atoms with E-state index in [0.29, 0.717) is 5.75 Å². The van der Waals surface area contributed by atoms with Crippen LogP contribution in [0.5, 0.6) is 11.5 Å². The maximum Gasteiger partial charge on any atom is 0.337 e. The van der Waals surface area contributed by atoms with Crippen LogP contribution < -0.4 is 14.8 Å². The number of nitrogens with zero attached hydrogens (tertiary/aromatic N) is 1. The van der Waals surface area contributed by atoms with Gasteiger partial charge in [0.25, 0.3) is 5.91 Å². The lowest BCUT2D eigenvalue weighted by molar-refractivity contribution is 0.0697. The highest BCUT2D eigenvalue weighted by atomic mass is 32.1. The molecule has 0 fully saturated rings. The number of carbonyl (C=O) groups excluding carboxylic acids is 1. The molecule has 2 N–H and O–H groups in total. The fraction of sp³-hybridized carbons (Fsp3) is 0.154. The van der Waals surface area contributed by atoms with Crippen LogP contribution in [0.1, 0.15) is 20.8 Å². The number of rotatable bonds is 5. The quantitative estimate of drug-likeness (QED) is 0.878. The number of thiazole rings is 1. The third-order valence-corrected chi connectivity index (χ3v) is 3.25. The van der Waals surface area contributed by atoms with Gasteiger partial charge in [0, 0.05) is 17.5 Å². The molecule has 0 aliphatic carbocycles. The summed E-state index contributed by atoms with van der Waals surface area (Å²) in [5, 5.41) is 13.3. The highest BCUT2D eigenvalue weighted by Gasteiger charge is 2.19. The Morgan fingerprint density at radius 1 is 1.24 bits per heavy atom. The lowest BCUT2D eigenvalue weighted by Crippen LogP contribution is -2.15. The largest absolute Gasteiger partial charge is 0.493 e. The van der Waals surface area contributed by atoms with E-state index in [1.165, 1.54) is 43.2 Å². The first-order chi connectivity index (χ1) is 10.1. The van der Waals surface area contributed by atoms with Gasteiger partial charge in [-0.15, -0.1) is 11.3 Å². The van der Waals surface area contributed by atoms with Gasteiger partial charge in [0.15, 0.2) is 11.5 Å². The van der Waals surface area contributed by atoms with Crippen LogP contribution in [0.2, 0.25) is 0 Å². The number of aromatic nitrogens is 1. The van der Waals surface area contributed by atoms with E-state index < -0.39 is 11.9 Å². The highest BCUT2D eigenvalue weighted by Crippen LogP contribution is 2.33. The van der Waals surface area contributed by atoms with Crippen LogP contribution in [0.15, 0.2) is 23.0 Å². The van der Waals surface area contributed by atoms with Crippen LogP contribution in [0, 0.1) is 0 Å². The number of aromatic carboxylic acids is 1. The van der Waals surface area contributed by atoms with Gasteiger partial charge in [-0.25, -0.2) is 9.78 Å². The Morgan fingerprint density at radius 3 is 2.43 bits per heavy atom. The second-order valence-corrected chi connectivity index (χ2v) is 4.60. The maximum atomic E-state index is 12.0. The summed E-state index contributed by atoms with van der Waals surface area (Å²) in [5.41, 5.74) is 1.74. The second kappa shape index (κ2) is 6.23. The number of carboxylic acids is 1. The molecule has 0 saturated heterocycles. The SMILES string of the molecule is COc1cc(NC(=O)c2cscn2)c(C(=O)O)cc1OC. The Morgan fingerprint density at radius 2 is 1.90 bits per heavy atom.